The number of amides is 1. The summed E-state index contributed by atoms with van der Waals surface area (Å²) >= 11 is 6.78. The third-order valence-electron chi connectivity index (χ3n) is 3.36. The standard InChI is InChI=1S/C17H12ClFN2O4S/c1-24-15(22)8-14-16(23)21(9-11-3-2-6-25-11)17(26-14)20-10-4-5-13(19)12(18)7-10/h2-8H,9H2,1H3. The lowest BCUT2D eigenvalue weighted by atomic mass is 10.3. The van der Waals surface area contributed by atoms with Gasteiger partial charge in [0.15, 0.2) is 5.17 Å². The molecule has 0 bridgehead atoms. The van der Waals surface area contributed by atoms with Crippen molar-refractivity contribution in [3.63, 3.8) is 0 Å². The van der Waals surface area contributed by atoms with E-state index in [1.807, 2.05) is 0 Å². The van der Waals surface area contributed by atoms with Crippen molar-refractivity contribution in [3.05, 3.63) is 64.2 Å². The van der Waals surface area contributed by atoms with Crippen LogP contribution in [0.4, 0.5) is 10.1 Å². The summed E-state index contributed by atoms with van der Waals surface area (Å²) in [6.45, 7) is 0.130. The van der Waals surface area contributed by atoms with Gasteiger partial charge in [-0.1, -0.05) is 11.6 Å². The quantitative estimate of drug-likeness (QED) is 0.581. The first-order valence-electron chi connectivity index (χ1n) is 7.33. The maximum Gasteiger partial charge on any atom is 0.331 e. The van der Waals surface area contributed by atoms with E-state index < -0.39 is 17.7 Å². The molecular weight excluding hydrogens is 383 g/mol. The van der Waals surface area contributed by atoms with E-state index in [1.165, 1.54) is 36.5 Å². The second-order valence-corrected chi connectivity index (χ2v) is 6.51. The van der Waals surface area contributed by atoms with E-state index in [2.05, 4.69) is 9.73 Å². The van der Waals surface area contributed by atoms with E-state index in [0.717, 1.165) is 17.8 Å². The number of amidine groups is 1. The number of benzene rings is 1. The average Bonchev–Trinajstić information content (AvgIpc) is 3.22. The second-order valence-electron chi connectivity index (χ2n) is 5.10. The zero-order valence-electron chi connectivity index (χ0n) is 13.4. The van der Waals surface area contributed by atoms with Crippen LogP contribution in [0.5, 0.6) is 0 Å². The van der Waals surface area contributed by atoms with Gasteiger partial charge in [0.05, 0.1) is 35.5 Å². The first-order valence-corrected chi connectivity index (χ1v) is 8.53. The molecule has 1 saturated heterocycles. The number of esters is 1. The van der Waals surface area contributed by atoms with E-state index in [-0.39, 0.29) is 16.5 Å². The van der Waals surface area contributed by atoms with Crippen molar-refractivity contribution in [2.24, 2.45) is 4.99 Å². The summed E-state index contributed by atoms with van der Waals surface area (Å²) in [7, 11) is 1.22. The van der Waals surface area contributed by atoms with Crippen molar-refractivity contribution in [1.82, 2.24) is 4.90 Å². The molecule has 1 aliphatic heterocycles. The predicted octanol–water partition coefficient (Wildman–Crippen LogP) is 3.89. The summed E-state index contributed by atoms with van der Waals surface area (Å²) in [4.78, 5) is 30.0. The van der Waals surface area contributed by atoms with E-state index >= 15 is 0 Å². The lowest BCUT2D eigenvalue weighted by molar-refractivity contribution is -0.135. The van der Waals surface area contributed by atoms with Crippen LogP contribution in [0.1, 0.15) is 5.76 Å². The van der Waals surface area contributed by atoms with Crippen LogP contribution >= 0.6 is 23.4 Å². The second kappa shape index (κ2) is 7.76. The van der Waals surface area contributed by atoms with Gasteiger partial charge in [-0.25, -0.2) is 14.2 Å². The maximum atomic E-state index is 13.3. The third kappa shape index (κ3) is 3.97. The summed E-state index contributed by atoms with van der Waals surface area (Å²) in [6, 6.07) is 7.39. The molecule has 134 valence electrons. The number of carbonyl (C=O) groups excluding carboxylic acids is 2. The Morgan fingerprint density at radius 1 is 1.46 bits per heavy atom. The molecule has 1 aliphatic rings. The number of ether oxygens (including phenoxy) is 1. The van der Waals surface area contributed by atoms with Gasteiger partial charge in [-0.2, -0.15) is 0 Å². The van der Waals surface area contributed by atoms with Gasteiger partial charge in [-0.3, -0.25) is 9.69 Å². The number of carbonyl (C=O) groups is 2. The van der Waals surface area contributed by atoms with Gasteiger partial charge in [-0.15, -0.1) is 0 Å². The zero-order valence-corrected chi connectivity index (χ0v) is 15.0. The van der Waals surface area contributed by atoms with Gasteiger partial charge in [0.2, 0.25) is 0 Å². The topological polar surface area (TPSA) is 72.1 Å². The Morgan fingerprint density at radius 2 is 2.27 bits per heavy atom. The lowest BCUT2D eigenvalue weighted by Gasteiger charge is -2.13. The fourth-order valence-corrected chi connectivity index (χ4v) is 3.25. The smallest absolute Gasteiger partial charge is 0.331 e. The fraction of sp³-hybridized carbons (Fsp3) is 0.118. The van der Waals surface area contributed by atoms with Crippen LogP contribution in [0.25, 0.3) is 0 Å². The van der Waals surface area contributed by atoms with E-state index in [4.69, 9.17) is 16.0 Å². The number of aliphatic imine (C=N–C) groups is 1. The highest BCUT2D eigenvalue weighted by molar-refractivity contribution is 8.18. The SMILES string of the molecule is COC(=O)C=C1SC(=Nc2ccc(F)c(Cl)c2)N(Cc2ccco2)C1=O. The Bertz CT molecular complexity index is 911. The number of nitrogens with zero attached hydrogens (tertiary/aromatic N) is 2. The number of thioether (sulfide) groups is 1. The summed E-state index contributed by atoms with van der Waals surface area (Å²) < 4.78 is 23.2. The van der Waals surface area contributed by atoms with Gasteiger partial charge >= 0.3 is 5.97 Å². The first-order chi connectivity index (χ1) is 12.5. The molecule has 0 aliphatic carbocycles. The molecule has 1 fully saturated rings. The number of methoxy groups -OCH3 is 1. The van der Waals surface area contributed by atoms with Crippen molar-refractivity contribution in [3.8, 4) is 0 Å². The summed E-state index contributed by atoms with van der Waals surface area (Å²) in [5, 5.41) is 0.230. The van der Waals surface area contributed by atoms with Crippen molar-refractivity contribution in [2.75, 3.05) is 7.11 Å². The highest BCUT2D eigenvalue weighted by atomic mass is 35.5. The molecular formula is C17H12ClFN2O4S. The summed E-state index contributed by atoms with van der Waals surface area (Å²) in [5.74, 6) is -1.08. The van der Waals surface area contributed by atoms with E-state index in [1.54, 1.807) is 12.1 Å². The lowest BCUT2D eigenvalue weighted by Crippen LogP contribution is -2.28. The number of hydrogen-bond acceptors (Lipinski definition) is 6. The van der Waals surface area contributed by atoms with Crippen molar-refractivity contribution >= 4 is 46.1 Å². The molecule has 2 aromatic rings. The monoisotopic (exact) mass is 394 g/mol. The largest absolute Gasteiger partial charge is 0.467 e. The van der Waals surface area contributed by atoms with Crippen LogP contribution < -0.4 is 0 Å². The van der Waals surface area contributed by atoms with E-state index in [0.29, 0.717) is 16.6 Å². The molecule has 2 heterocycles. The number of rotatable bonds is 4. The molecule has 0 radical (unpaired) electrons. The Kier molecular flexibility index (Phi) is 5.43. The Balaban J connectivity index is 1.97. The average molecular weight is 395 g/mol. The van der Waals surface area contributed by atoms with Crippen molar-refractivity contribution < 1.29 is 23.1 Å². The molecule has 0 saturated carbocycles. The van der Waals surface area contributed by atoms with Crippen LogP contribution in [-0.4, -0.2) is 29.1 Å². The highest BCUT2D eigenvalue weighted by Gasteiger charge is 2.34. The minimum absolute atomic E-state index is 0.0796. The zero-order chi connectivity index (χ0) is 18.7. The normalized spacial score (nSPS) is 17.3. The maximum absolute atomic E-state index is 13.3. The minimum atomic E-state index is -0.648. The number of halogens is 2. The highest BCUT2D eigenvalue weighted by Crippen LogP contribution is 2.34. The van der Waals surface area contributed by atoms with Gasteiger partial charge in [0.1, 0.15) is 11.6 Å². The van der Waals surface area contributed by atoms with Crippen LogP contribution in [0, 0.1) is 5.82 Å². The number of hydrogen-bond donors (Lipinski definition) is 0. The molecule has 6 nitrogen and oxygen atoms in total. The number of furan rings is 1. The third-order valence-corrected chi connectivity index (χ3v) is 4.66. The molecule has 1 amide bonds. The van der Waals surface area contributed by atoms with Gasteiger partial charge in [0, 0.05) is 6.08 Å². The van der Waals surface area contributed by atoms with Crippen molar-refractivity contribution in [1.29, 1.82) is 0 Å². The molecule has 0 atom stereocenters. The fourth-order valence-electron chi connectivity index (χ4n) is 2.12. The molecule has 9 heteroatoms. The molecule has 1 aromatic carbocycles. The molecule has 26 heavy (non-hydrogen) atoms. The van der Waals surface area contributed by atoms with E-state index in [9.17, 15) is 14.0 Å². The van der Waals surface area contributed by atoms with Gasteiger partial charge in [0.25, 0.3) is 5.91 Å². The molecule has 1 aromatic heterocycles. The van der Waals surface area contributed by atoms with Crippen molar-refractivity contribution in [2.45, 2.75) is 6.54 Å². The van der Waals surface area contributed by atoms with Crippen LogP contribution in [-0.2, 0) is 20.9 Å². The summed E-state index contributed by atoms with van der Waals surface area (Å²) in [6.07, 6.45) is 2.59. The molecule has 3 rings (SSSR count). The Labute approximate surface area is 157 Å². The van der Waals surface area contributed by atoms with Crippen LogP contribution in [0.2, 0.25) is 5.02 Å². The van der Waals surface area contributed by atoms with Crippen LogP contribution in [0.15, 0.2) is 57.0 Å². The van der Waals surface area contributed by atoms with Gasteiger partial charge < -0.3 is 9.15 Å². The minimum Gasteiger partial charge on any atom is -0.467 e. The molecule has 0 N–H and O–H groups in total. The van der Waals surface area contributed by atoms with Gasteiger partial charge in [-0.05, 0) is 42.1 Å². The Hall–Kier alpha value is -2.58. The molecule has 0 spiro atoms. The predicted molar refractivity (Wildman–Crippen MR) is 95.5 cm³/mol. The summed E-state index contributed by atoms with van der Waals surface area (Å²) in [5.41, 5.74) is 0.371. The molecule has 0 unspecified atom stereocenters. The van der Waals surface area contributed by atoms with Crippen LogP contribution in [0.3, 0.4) is 0 Å². The first kappa shape index (κ1) is 18.2. The Morgan fingerprint density at radius 3 is 2.92 bits per heavy atom.